The molecule has 0 nitrogen and oxygen atoms in total. The SMILES string of the molecule is FC(F)(F)c1ccccc1P(c1ccccc1)c1ccccc1.[Cu]. The van der Waals surface area contributed by atoms with Crippen molar-refractivity contribution in [2.24, 2.45) is 0 Å². The summed E-state index contributed by atoms with van der Waals surface area (Å²) in [7, 11) is -1.25. The number of hydrogen-bond acceptors (Lipinski definition) is 0. The van der Waals surface area contributed by atoms with E-state index in [1.165, 1.54) is 6.07 Å². The van der Waals surface area contributed by atoms with Crippen LogP contribution in [0.2, 0.25) is 0 Å². The molecule has 3 aromatic rings. The first-order valence-electron chi connectivity index (χ1n) is 7.14. The van der Waals surface area contributed by atoms with Gasteiger partial charge in [-0.25, -0.2) is 0 Å². The van der Waals surface area contributed by atoms with Gasteiger partial charge in [-0.1, -0.05) is 78.9 Å². The second-order valence-electron chi connectivity index (χ2n) is 5.02. The van der Waals surface area contributed by atoms with Crippen molar-refractivity contribution in [3.8, 4) is 0 Å². The molecule has 0 heterocycles. The molecule has 0 N–H and O–H groups in total. The van der Waals surface area contributed by atoms with E-state index >= 15 is 0 Å². The van der Waals surface area contributed by atoms with Crippen LogP contribution in [0.25, 0.3) is 0 Å². The van der Waals surface area contributed by atoms with Gasteiger partial charge in [0.2, 0.25) is 0 Å². The Hall–Kier alpha value is -1.60. The molecule has 0 unspecified atom stereocenters. The van der Waals surface area contributed by atoms with Gasteiger partial charge in [0.15, 0.2) is 0 Å². The molecule has 0 saturated carbocycles. The van der Waals surface area contributed by atoms with Crippen molar-refractivity contribution < 1.29 is 30.2 Å². The summed E-state index contributed by atoms with van der Waals surface area (Å²) in [4.78, 5) is 0. The Bertz CT molecular complexity index is 734. The van der Waals surface area contributed by atoms with Gasteiger partial charge in [-0.3, -0.25) is 0 Å². The molecule has 0 amide bonds. The molecular formula is C19H14CuF3P. The summed E-state index contributed by atoms with van der Waals surface area (Å²) >= 11 is 0. The fourth-order valence-electron chi connectivity index (χ4n) is 2.49. The van der Waals surface area contributed by atoms with Crippen molar-refractivity contribution in [2.75, 3.05) is 0 Å². The Balaban J connectivity index is 0.00000208. The van der Waals surface area contributed by atoms with Gasteiger partial charge in [-0.2, -0.15) is 13.2 Å². The van der Waals surface area contributed by atoms with E-state index in [9.17, 15) is 13.2 Å². The van der Waals surface area contributed by atoms with Gasteiger partial charge >= 0.3 is 6.18 Å². The number of rotatable bonds is 3. The number of alkyl halides is 3. The van der Waals surface area contributed by atoms with Crippen LogP contribution >= 0.6 is 7.92 Å². The molecule has 0 fully saturated rings. The first-order chi connectivity index (χ1) is 11.1. The van der Waals surface area contributed by atoms with E-state index in [0.29, 0.717) is 5.30 Å². The van der Waals surface area contributed by atoms with Crippen LogP contribution < -0.4 is 15.9 Å². The second-order valence-corrected chi connectivity index (χ2v) is 7.21. The molecule has 127 valence electrons. The van der Waals surface area contributed by atoms with Gasteiger partial charge in [-0.05, 0) is 29.9 Å². The van der Waals surface area contributed by atoms with Crippen molar-refractivity contribution in [1.82, 2.24) is 0 Å². The predicted octanol–water partition coefficient (Wildman–Crippen LogP) is 4.46. The van der Waals surface area contributed by atoms with E-state index in [2.05, 4.69) is 0 Å². The summed E-state index contributed by atoms with van der Waals surface area (Å²) in [5.41, 5.74) is -0.557. The van der Waals surface area contributed by atoms with Gasteiger partial charge in [-0.15, -0.1) is 0 Å². The van der Waals surface area contributed by atoms with Crippen molar-refractivity contribution >= 4 is 23.8 Å². The average molecular weight is 394 g/mol. The number of halogens is 3. The van der Waals surface area contributed by atoms with Crippen LogP contribution in [0, 0.1) is 0 Å². The van der Waals surface area contributed by atoms with Crippen LogP contribution in [0.5, 0.6) is 0 Å². The summed E-state index contributed by atoms with van der Waals surface area (Å²) < 4.78 is 40.4. The molecular weight excluding hydrogens is 380 g/mol. The molecule has 0 atom stereocenters. The van der Waals surface area contributed by atoms with Crippen LogP contribution in [-0.2, 0) is 23.2 Å². The van der Waals surface area contributed by atoms with Crippen molar-refractivity contribution in [1.29, 1.82) is 0 Å². The van der Waals surface area contributed by atoms with Crippen LogP contribution in [-0.4, -0.2) is 0 Å². The first-order valence-corrected chi connectivity index (χ1v) is 8.48. The van der Waals surface area contributed by atoms with Gasteiger partial charge in [0.1, 0.15) is 0 Å². The predicted molar refractivity (Wildman–Crippen MR) is 90.2 cm³/mol. The number of hydrogen-bond donors (Lipinski definition) is 0. The minimum Gasteiger partial charge on any atom is -0.166 e. The fourth-order valence-corrected chi connectivity index (χ4v) is 4.96. The minimum atomic E-state index is -4.36. The maximum atomic E-state index is 13.5. The maximum absolute atomic E-state index is 13.5. The van der Waals surface area contributed by atoms with Gasteiger partial charge in [0.25, 0.3) is 0 Å². The van der Waals surface area contributed by atoms with Gasteiger partial charge in [0.05, 0.1) is 5.56 Å². The Morgan fingerprint density at radius 3 is 1.46 bits per heavy atom. The molecule has 0 spiro atoms. The summed E-state index contributed by atoms with van der Waals surface area (Å²) in [6, 6.07) is 24.7. The molecule has 0 bridgehead atoms. The Morgan fingerprint density at radius 2 is 1.00 bits per heavy atom. The van der Waals surface area contributed by atoms with Gasteiger partial charge < -0.3 is 0 Å². The normalized spacial score (nSPS) is 11.2. The van der Waals surface area contributed by atoms with Crippen LogP contribution in [0.15, 0.2) is 84.9 Å². The minimum absolute atomic E-state index is 0. The quantitative estimate of drug-likeness (QED) is 0.455. The van der Waals surface area contributed by atoms with Crippen molar-refractivity contribution in [3.05, 3.63) is 90.5 Å². The first kappa shape index (κ1) is 18.7. The average Bonchev–Trinajstić information content (AvgIpc) is 2.57. The zero-order chi connectivity index (χ0) is 16.3. The smallest absolute Gasteiger partial charge is 0.166 e. The summed E-state index contributed by atoms with van der Waals surface area (Å²) in [6.45, 7) is 0. The number of benzene rings is 3. The molecule has 3 rings (SSSR count). The molecule has 0 aliphatic rings. The van der Waals surface area contributed by atoms with E-state index < -0.39 is 19.7 Å². The van der Waals surface area contributed by atoms with Crippen LogP contribution in [0.4, 0.5) is 13.2 Å². The van der Waals surface area contributed by atoms with Gasteiger partial charge in [0, 0.05) is 17.1 Å². The summed E-state index contributed by atoms with van der Waals surface area (Å²) in [5, 5.41) is 2.16. The molecule has 0 aliphatic heterocycles. The Morgan fingerprint density at radius 1 is 0.583 bits per heavy atom. The van der Waals surface area contributed by atoms with E-state index in [1.807, 2.05) is 60.7 Å². The molecule has 3 aromatic carbocycles. The fraction of sp³-hybridized carbons (Fsp3) is 0.0526. The van der Waals surface area contributed by atoms with E-state index in [0.717, 1.165) is 16.7 Å². The third kappa shape index (κ3) is 4.08. The van der Waals surface area contributed by atoms with Crippen molar-refractivity contribution in [2.45, 2.75) is 6.18 Å². The summed E-state index contributed by atoms with van der Waals surface area (Å²) in [6.07, 6.45) is -4.36. The molecule has 0 saturated heterocycles. The standard InChI is InChI=1S/C19H14F3P.Cu/c20-19(21,22)17-13-7-8-14-18(17)23(15-9-3-1-4-10-15)16-11-5-2-6-12-16;/h1-14H;. The molecule has 0 aliphatic carbocycles. The second kappa shape index (κ2) is 7.98. The third-order valence-corrected chi connectivity index (χ3v) is 5.98. The molecule has 0 aromatic heterocycles. The zero-order valence-electron chi connectivity index (χ0n) is 12.5. The maximum Gasteiger partial charge on any atom is 0.417 e. The monoisotopic (exact) mass is 393 g/mol. The third-order valence-electron chi connectivity index (χ3n) is 3.48. The zero-order valence-corrected chi connectivity index (χ0v) is 14.3. The molecule has 1 radical (unpaired) electrons. The summed E-state index contributed by atoms with van der Waals surface area (Å²) in [5.74, 6) is 0. The van der Waals surface area contributed by atoms with Crippen molar-refractivity contribution in [3.63, 3.8) is 0 Å². The molecule has 24 heavy (non-hydrogen) atoms. The topological polar surface area (TPSA) is 0 Å². The Labute approximate surface area is 151 Å². The molecule has 5 heteroatoms. The van der Waals surface area contributed by atoms with E-state index in [1.54, 1.807) is 12.1 Å². The van der Waals surface area contributed by atoms with E-state index in [4.69, 9.17) is 0 Å². The van der Waals surface area contributed by atoms with Crippen LogP contribution in [0.1, 0.15) is 5.56 Å². The van der Waals surface area contributed by atoms with Crippen LogP contribution in [0.3, 0.4) is 0 Å². The largest absolute Gasteiger partial charge is 0.417 e. The van der Waals surface area contributed by atoms with E-state index in [-0.39, 0.29) is 17.1 Å². The Kier molecular flexibility index (Phi) is 6.23.